The lowest BCUT2D eigenvalue weighted by molar-refractivity contribution is -0.114. The van der Waals surface area contributed by atoms with Gasteiger partial charge in [0.25, 0.3) is 0 Å². The van der Waals surface area contributed by atoms with Gasteiger partial charge in [-0.25, -0.2) is 14.4 Å². The second-order valence-electron chi connectivity index (χ2n) is 9.78. The van der Waals surface area contributed by atoms with Gasteiger partial charge in [-0.2, -0.15) is 0 Å². The molecule has 8 nitrogen and oxygen atoms in total. The van der Waals surface area contributed by atoms with E-state index in [1.807, 2.05) is 42.5 Å². The molecular weight excluding hydrogens is 495 g/mol. The monoisotopic (exact) mass is 524 g/mol. The van der Waals surface area contributed by atoms with Crippen molar-refractivity contribution in [1.82, 2.24) is 14.5 Å². The van der Waals surface area contributed by atoms with Crippen molar-refractivity contribution < 1.29 is 13.9 Å². The second-order valence-corrected chi connectivity index (χ2v) is 9.78. The summed E-state index contributed by atoms with van der Waals surface area (Å²) in [4.78, 5) is 25.8. The molecule has 39 heavy (non-hydrogen) atoms. The second kappa shape index (κ2) is 10.8. The highest BCUT2D eigenvalue weighted by Gasteiger charge is 2.20. The Balaban J connectivity index is 1.52. The summed E-state index contributed by atoms with van der Waals surface area (Å²) in [6, 6.07) is 15.8. The van der Waals surface area contributed by atoms with Crippen molar-refractivity contribution in [3.63, 3.8) is 0 Å². The number of carbonyl (C=O) groups excluding carboxylic acids is 1. The van der Waals surface area contributed by atoms with Crippen molar-refractivity contribution in [3.05, 3.63) is 78.1 Å². The van der Waals surface area contributed by atoms with E-state index >= 15 is 0 Å². The van der Waals surface area contributed by atoms with Crippen LogP contribution in [-0.2, 0) is 9.53 Å². The maximum atomic E-state index is 13.9. The van der Waals surface area contributed by atoms with Crippen LogP contribution < -0.4 is 16.0 Å². The number of halogens is 1. The van der Waals surface area contributed by atoms with Gasteiger partial charge >= 0.3 is 0 Å². The first-order chi connectivity index (χ1) is 19.0. The molecule has 1 saturated heterocycles. The normalized spacial score (nSPS) is 16.7. The summed E-state index contributed by atoms with van der Waals surface area (Å²) in [6.07, 6.45) is 7.76. The van der Waals surface area contributed by atoms with Gasteiger partial charge in [0, 0.05) is 32.3 Å². The zero-order valence-electron chi connectivity index (χ0n) is 21.7. The summed E-state index contributed by atoms with van der Waals surface area (Å²) >= 11 is 0. The van der Waals surface area contributed by atoms with Crippen molar-refractivity contribution in [2.75, 3.05) is 23.8 Å². The zero-order chi connectivity index (χ0) is 26.8. The van der Waals surface area contributed by atoms with E-state index in [1.165, 1.54) is 6.92 Å². The average Bonchev–Trinajstić information content (AvgIpc) is 2.94. The molecular formula is C30H29FN6O2. The van der Waals surface area contributed by atoms with Crippen molar-refractivity contribution in [2.24, 2.45) is 4.99 Å². The van der Waals surface area contributed by atoms with Crippen LogP contribution in [0.4, 0.5) is 21.6 Å². The third-order valence-electron chi connectivity index (χ3n) is 6.92. The van der Waals surface area contributed by atoms with E-state index in [2.05, 4.69) is 26.3 Å². The number of fused-ring (bicyclic) bond motifs is 2. The average molecular weight is 525 g/mol. The minimum Gasteiger partial charge on any atom is -0.381 e. The van der Waals surface area contributed by atoms with E-state index in [4.69, 9.17) is 14.7 Å². The van der Waals surface area contributed by atoms with Crippen LogP contribution >= 0.6 is 0 Å². The summed E-state index contributed by atoms with van der Waals surface area (Å²) < 4.78 is 21.6. The predicted molar refractivity (Wildman–Crippen MR) is 150 cm³/mol. The Morgan fingerprint density at radius 1 is 1.10 bits per heavy atom. The molecule has 1 amide bonds. The summed E-state index contributed by atoms with van der Waals surface area (Å²) in [7, 11) is 0. The maximum Gasteiger partial charge on any atom is 0.222 e. The molecule has 2 aliphatic carbocycles. The van der Waals surface area contributed by atoms with Crippen molar-refractivity contribution >= 4 is 39.8 Å². The minimum absolute atomic E-state index is 0.109. The molecule has 198 valence electrons. The summed E-state index contributed by atoms with van der Waals surface area (Å²) in [6.45, 7) is 2.83. The van der Waals surface area contributed by atoms with Crippen LogP contribution in [0.25, 0.3) is 28.1 Å². The number of aromatic nitrogens is 3. The van der Waals surface area contributed by atoms with Gasteiger partial charge < -0.3 is 19.9 Å². The van der Waals surface area contributed by atoms with Crippen molar-refractivity contribution in [1.29, 1.82) is 0 Å². The van der Waals surface area contributed by atoms with Crippen LogP contribution in [0.3, 0.4) is 0 Å². The van der Waals surface area contributed by atoms with Gasteiger partial charge in [-0.05, 0) is 67.8 Å². The van der Waals surface area contributed by atoms with E-state index in [-0.39, 0.29) is 17.8 Å². The Hall–Kier alpha value is -4.37. The molecule has 2 aliphatic heterocycles. The van der Waals surface area contributed by atoms with Crippen molar-refractivity contribution in [3.8, 4) is 11.4 Å². The van der Waals surface area contributed by atoms with E-state index in [9.17, 15) is 9.18 Å². The summed E-state index contributed by atoms with van der Waals surface area (Å²) in [5, 5.41) is 6.96. The number of hydrogen-bond acceptors (Lipinski definition) is 6. The number of carbonyl (C=O) groups is 1. The van der Waals surface area contributed by atoms with E-state index < -0.39 is 0 Å². The molecule has 4 aliphatic rings. The van der Waals surface area contributed by atoms with E-state index in [0.717, 1.165) is 57.7 Å². The molecule has 0 saturated carbocycles. The van der Waals surface area contributed by atoms with Crippen LogP contribution in [0.2, 0.25) is 0 Å². The smallest absolute Gasteiger partial charge is 0.222 e. The number of anilines is 3. The number of ether oxygens (including phenoxy) is 1. The maximum absolute atomic E-state index is 13.9. The fourth-order valence-electron chi connectivity index (χ4n) is 5.03. The first-order valence-corrected chi connectivity index (χ1v) is 13.2. The first-order valence-electron chi connectivity index (χ1n) is 13.2. The molecule has 6 rings (SSSR count). The molecule has 0 radical (unpaired) electrons. The zero-order valence-corrected chi connectivity index (χ0v) is 21.7. The van der Waals surface area contributed by atoms with Crippen LogP contribution in [0.1, 0.15) is 32.6 Å². The number of allylic oxidation sites excluding steroid dienone is 4. The van der Waals surface area contributed by atoms with Crippen LogP contribution in [0.15, 0.2) is 77.7 Å². The molecule has 0 atom stereocenters. The highest BCUT2D eigenvalue weighted by Crippen LogP contribution is 2.33. The van der Waals surface area contributed by atoms with Crippen LogP contribution in [0, 0.1) is 0 Å². The molecule has 2 N–H and O–H groups in total. The third kappa shape index (κ3) is 5.44. The van der Waals surface area contributed by atoms with E-state index in [0.29, 0.717) is 31.9 Å². The lowest BCUT2D eigenvalue weighted by Crippen LogP contribution is -2.23. The molecule has 3 heterocycles. The van der Waals surface area contributed by atoms with Gasteiger partial charge in [-0.1, -0.05) is 12.1 Å². The number of para-hydroxylation sites is 2. The Bertz CT molecular complexity index is 1630. The fourth-order valence-corrected chi connectivity index (χ4v) is 5.03. The highest BCUT2D eigenvalue weighted by molar-refractivity contribution is 5.88. The predicted octanol–water partition coefficient (Wildman–Crippen LogP) is 5.81. The fraction of sp³-hybridized carbons (Fsp3) is 0.267. The third-order valence-corrected chi connectivity index (χ3v) is 6.92. The molecule has 1 aromatic carbocycles. The van der Waals surface area contributed by atoms with Crippen LogP contribution in [-0.4, -0.2) is 39.7 Å². The van der Waals surface area contributed by atoms with Crippen molar-refractivity contribution in [2.45, 2.75) is 38.6 Å². The standard InChI is InChI=1S/C30H29FN6O2/c1-19(38)33-30-11-8-22(18-32-30)35-25-16-27-29(17-26(25)34-21-12-14-39-15-13-21)37(23-9-6-20(31)7-10-23)28-5-3-2-4-24(28)36-27/h2-6,8-9,11,16-18,21,35H,7,10,12-15H2,1H3,(H,32,33,38). The SMILES string of the molecule is CC(=O)Nc1ccc(Nc2cc3nc4ccccc4n(C4=CC=C(F)CC4)c-3cc2=NC2CCOCC2)cn1. The minimum atomic E-state index is -0.173. The number of amides is 1. The summed E-state index contributed by atoms with van der Waals surface area (Å²) in [5.74, 6) is 0.203. The molecule has 0 spiro atoms. The van der Waals surface area contributed by atoms with Gasteiger partial charge in [0.05, 0.1) is 51.4 Å². The van der Waals surface area contributed by atoms with Gasteiger partial charge in [0.15, 0.2) is 0 Å². The lowest BCUT2D eigenvalue weighted by Gasteiger charge is -2.24. The van der Waals surface area contributed by atoms with Gasteiger partial charge in [0.2, 0.25) is 5.91 Å². The molecule has 9 heteroatoms. The number of pyridine rings is 1. The quantitative estimate of drug-likeness (QED) is 0.322. The molecule has 0 unspecified atom stereocenters. The first kappa shape index (κ1) is 24.9. The number of rotatable bonds is 5. The number of hydrogen-bond donors (Lipinski definition) is 2. The molecule has 1 aromatic heterocycles. The lowest BCUT2D eigenvalue weighted by atomic mass is 10.1. The Morgan fingerprint density at radius 3 is 2.69 bits per heavy atom. The van der Waals surface area contributed by atoms with Gasteiger partial charge in [0.1, 0.15) is 11.6 Å². The number of benzene rings is 2. The molecule has 0 bridgehead atoms. The Labute approximate surface area is 225 Å². The van der Waals surface area contributed by atoms with Crippen LogP contribution in [0.5, 0.6) is 0 Å². The summed E-state index contributed by atoms with van der Waals surface area (Å²) in [5.41, 5.74) is 6.09. The number of nitrogens with zero attached hydrogens (tertiary/aromatic N) is 4. The Morgan fingerprint density at radius 2 is 1.95 bits per heavy atom. The highest BCUT2D eigenvalue weighted by atomic mass is 19.1. The topological polar surface area (TPSA) is 93.4 Å². The van der Waals surface area contributed by atoms with Gasteiger partial charge in [-0.15, -0.1) is 0 Å². The molecule has 2 aromatic rings. The van der Waals surface area contributed by atoms with Gasteiger partial charge in [-0.3, -0.25) is 9.79 Å². The van der Waals surface area contributed by atoms with E-state index in [1.54, 1.807) is 18.3 Å². The number of nitrogens with one attached hydrogen (secondary N) is 2. The molecule has 1 fully saturated rings. The Kier molecular flexibility index (Phi) is 6.89. The largest absolute Gasteiger partial charge is 0.381 e.